The maximum absolute atomic E-state index is 11.8. The molecule has 0 spiro atoms. The molecule has 0 aliphatic carbocycles. The third-order valence-corrected chi connectivity index (χ3v) is 3.83. The molecule has 6 heteroatoms. The van der Waals surface area contributed by atoms with Crippen LogP contribution >= 0.6 is 0 Å². The van der Waals surface area contributed by atoms with Crippen molar-refractivity contribution >= 4 is 34.8 Å². The summed E-state index contributed by atoms with van der Waals surface area (Å²) in [6.45, 7) is 2.00. The summed E-state index contributed by atoms with van der Waals surface area (Å²) >= 11 is 0. The lowest BCUT2D eigenvalue weighted by Gasteiger charge is -2.22. The number of ether oxygens (including phenoxy) is 1. The number of fused-ring (bicyclic) bond motifs is 1. The number of nitrogens with zero attached hydrogens (tertiary/aromatic N) is 1. The average Bonchev–Trinajstić information content (AvgIpc) is 2.67. The highest BCUT2D eigenvalue weighted by molar-refractivity contribution is 5.92. The van der Waals surface area contributed by atoms with Crippen LogP contribution in [0.25, 0.3) is 11.0 Å². The van der Waals surface area contributed by atoms with Gasteiger partial charge in [-0.15, -0.1) is 0 Å². The summed E-state index contributed by atoms with van der Waals surface area (Å²) in [4.78, 5) is 21.8. The van der Waals surface area contributed by atoms with Crippen LogP contribution in [0.15, 0.2) is 57.7 Å². The molecular weight excluding hydrogens is 320 g/mol. The number of rotatable bonds is 4. The molecular formula is C19H20N2O4. The predicted octanol–water partition coefficient (Wildman–Crippen LogP) is 3.43. The third kappa shape index (κ3) is 3.63. The Bertz CT molecular complexity index is 921. The van der Waals surface area contributed by atoms with Crippen molar-refractivity contribution in [3.8, 4) is 5.75 Å². The van der Waals surface area contributed by atoms with Crippen molar-refractivity contribution in [1.29, 1.82) is 0 Å². The van der Waals surface area contributed by atoms with Gasteiger partial charge in [0.2, 0.25) is 0 Å². The minimum atomic E-state index is -0.368. The van der Waals surface area contributed by atoms with Gasteiger partial charge in [0.15, 0.2) is 0 Å². The number of hydrogen-bond donors (Lipinski definition) is 1. The fourth-order valence-electron chi connectivity index (χ4n) is 2.61. The summed E-state index contributed by atoms with van der Waals surface area (Å²) in [7, 11) is 5.39. The molecule has 1 heterocycles. The molecule has 0 fully saturated rings. The SMILES string of the molecule is C=O.CNc1cc(N(C)c2cc(=O)oc3ccccc23)ccc1OC. The molecule has 1 N–H and O–H groups in total. The zero-order chi connectivity index (χ0) is 18.4. The van der Waals surface area contributed by atoms with Crippen LogP contribution in [0, 0.1) is 0 Å². The molecule has 0 unspecified atom stereocenters. The van der Waals surface area contributed by atoms with Crippen LogP contribution in [0.5, 0.6) is 5.75 Å². The van der Waals surface area contributed by atoms with Crippen LogP contribution < -0.4 is 20.6 Å². The van der Waals surface area contributed by atoms with Crippen molar-refractivity contribution in [1.82, 2.24) is 0 Å². The number of methoxy groups -OCH3 is 1. The highest BCUT2D eigenvalue weighted by atomic mass is 16.5. The highest BCUT2D eigenvalue weighted by Crippen LogP contribution is 2.34. The summed E-state index contributed by atoms with van der Waals surface area (Å²) < 4.78 is 10.6. The minimum Gasteiger partial charge on any atom is -0.495 e. The van der Waals surface area contributed by atoms with Gasteiger partial charge in [-0.1, -0.05) is 12.1 Å². The Labute approximate surface area is 145 Å². The Kier molecular flexibility index (Phi) is 5.79. The fraction of sp³-hybridized carbons (Fsp3) is 0.158. The molecule has 0 atom stereocenters. The Morgan fingerprint density at radius 1 is 1.12 bits per heavy atom. The molecule has 3 aromatic rings. The highest BCUT2D eigenvalue weighted by Gasteiger charge is 2.12. The smallest absolute Gasteiger partial charge is 0.338 e. The number of carbonyl (C=O) groups excluding carboxylic acids is 1. The molecule has 0 saturated carbocycles. The van der Waals surface area contributed by atoms with Crippen LogP contribution in [0.3, 0.4) is 0 Å². The first-order chi connectivity index (χ1) is 12.1. The number of hydrogen-bond acceptors (Lipinski definition) is 6. The van der Waals surface area contributed by atoms with Crippen molar-refractivity contribution < 1.29 is 13.9 Å². The summed E-state index contributed by atoms with van der Waals surface area (Å²) in [6.07, 6.45) is 0. The van der Waals surface area contributed by atoms with Crippen LogP contribution in [0.4, 0.5) is 17.1 Å². The number of para-hydroxylation sites is 1. The maximum Gasteiger partial charge on any atom is 0.338 e. The number of carbonyl (C=O) groups is 1. The van der Waals surface area contributed by atoms with E-state index in [0.29, 0.717) is 5.58 Å². The number of benzene rings is 2. The summed E-state index contributed by atoms with van der Waals surface area (Å²) in [6, 6.07) is 14.8. The lowest BCUT2D eigenvalue weighted by Crippen LogP contribution is -2.13. The van der Waals surface area contributed by atoms with Crippen molar-refractivity contribution in [3.05, 3.63) is 59.0 Å². The monoisotopic (exact) mass is 340 g/mol. The van der Waals surface area contributed by atoms with Crippen LogP contribution in [-0.4, -0.2) is 28.0 Å². The molecule has 1 aromatic heterocycles. The van der Waals surface area contributed by atoms with Crippen molar-refractivity contribution in [2.45, 2.75) is 0 Å². The predicted molar refractivity (Wildman–Crippen MR) is 100 cm³/mol. The minimum absolute atomic E-state index is 0.368. The largest absolute Gasteiger partial charge is 0.495 e. The molecule has 3 rings (SSSR count). The van der Waals surface area contributed by atoms with Crippen LogP contribution in [0.2, 0.25) is 0 Å². The Hall–Kier alpha value is -3.28. The molecule has 130 valence electrons. The van der Waals surface area contributed by atoms with Gasteiger partial charge >= 0.3 is 5.63 Å². The van der Waals surface area contributed by atoms with Gasteiger partial charge in [0.05, 0.1) is 18.5 Å². The van der Waals surface area contributed by atoms with Gasteiger partial charge in [0.25, 0.3) is 0 Å². The maximum atomic E-state index is 11.8. The second-order valence-electron chi connectivity index (χ2n) is 5.14. The van der Waals surface area contributed by atoms with Gasteiger partial charge in [-0.3, -0.25) is 0 Å². The topological polar surface area (TPSA) is 71.8 Å². The zero-order valence-corrected chi connectivity index (χ0v) is 14.4. The van der Waals surface area contributed by atoms with Gasteiger partial charge in [-0.05, 0) is 30.3 Å². The lowest BCUT2D eigenvalue weighted by atomic mass is 10.1. The van der Waals surface area contributed by atoms with E-state index in [1.165, 1.54) is 6.07 Å². The first-order valence-electron chi connectivity index (χ1n) is 7.55. The van der Waals surface area contributed by atoms with E-state index in [4.69, 9.17) is 13.9 Å². The summed E-state index contributed by atoms with van der Waals surface area (Å²) in [5.74, 6) is 0.766. The van der Waals surface area contributed by atoms with Gasteiger partial charge in [-0.2, -0.15) is 0 Å². The van der Waals surface area contributed by atoms with Gasteiger partial charge in [0, 0.05) is 31.2 Å². The molecule has 6 nitrogen and oxygen atoms in total. The quantitative estimate of drug-likeness (QED) is 0.734. The van der Waals surface area contributed by atoms with E-state index < -0.39 is 0 Å². The molecule has 0 bridgehead atoms. The Balaban J connectivity index is 0.00000109. The van der Waals surface area contributed by atoms with Gasteiger partial charge in [0.1, 0.15) is 18.1 Å². The average molecular weight is 340 g/mol. The molecule has 0 amide bonds. The van der Waals surface area contributed by atoms with E-state index in [1.807, 2.05) is 62.2 Å². The molecule has 0 radical (unpaired) electrons. The summed E-state index contributed by atoms with van der Waals surface area (Å²) in [5.41, 5.74) is 2.82. The first-order valence-corrected chi connectivity index (χ1v) is 7.55. The van der Waals surface area contributed by atoms with E-state index in [-0.39, 0.29) is 5.63 Å². The third-order valence-electron chi connectivity index (χ3n) is 3.83. The zero-order valence-electron chi connectivity index (χ0n) is 14.4. The molecule has 0 aliphatic rings. The summed E-state index contributed by atoms with van der Waals surface area (Å²) in [5, 5.41) is 4.00. The van der Waals surface area contributed by atoms with E-state index in [1.54, 1.807) is 13.2 Å². The van der Waals surface area contributed by atoms with Gasteiger partial charge < -0.3 is 24.2 Å². The molecule has 0 saturated heterocycles. The van der Waals surface area contributed by atoms with Crippen LogP contribution in [-0.2, 0) is 4.79 Å². The molecule has 25 heavy (non-hydrogen) atoms. The second kappa shape index (κ2) is 8.01. The molecule has 0 aliphatic heterocycles. The Morgan fingerprint density at radius 3 is 2.52 bits per heavy atom. The second-order valence-corrected chi connectivity index (χ2v) is 5.14. The van der Waals surface area contributed by atoms with Gasteiger partial charge in [-0.25, -0.2) is 4.79 Å². The normalized spacial score (nSPS) is 9.88. The van der Waals surface area contributed by atoms with Crippen molar-refractivity contribution in [2.75, 3.05) is 31.4 Å². The van der Waals surface area contributed by atoms with E-state index in [9.17, 15) is 4.79 Å². The van der Waals surface area contributed by atoms with Crippen molar-refractivity contribution in [2.24, 2.45) is 0 Å². The first kappa shape index (κ1) is 18.1. The van der Waals surface area contributed by atoms with Crippen molar-refractivity contribution in [3.63, 3.8) is 0 Å². The fourth-order valence-corrected chi connectivity index (χ4v) is 2.61. The van der Waals surface area contributed by atoms with E-state index in [0.717, 1.165) is 28.2 Å². The lowest BCUT2D eigenvalue weighted by molar-refractivity contribution is -0.0979. The Morgan fingerprint density at radius 2 is 1.84 bits per heavy atom. The standard InChI is InChI=1S/C18H18N2O3.CH2O/c1-19-14-10-12(8-9-17(14)22-3)20(2)15-11-18(21)23-16-7-5-4-6-13(15)16;1-2/h4-11,19H,1-3H3;1H2. The van der Waals surface area contributed by atoms with E-state index in [2.05, 4.69) is 5.32 Å². The van der Waals surface area contributed by atoms with E-state index >= 15 is 0 Å². The van der Waals surface area contributed by atoms with Crippen LogP contribution in [0.1, 0.15) is 0 Å². The molecule has 2 aromatic carbocycles. The number of nitrogens with one attached hydrogen (secondary N) is 1. The number of anilines is 3.